The van der Waals surface area contributed by atoms with Gasteiger partial charge in [-0.1, -0.05) is 23.7 Å². The van der Waals surface area contributed by atoms with Crippen LogP contribution in [0.1, 0.15) is 30.9 Å². The van der Waals surface area contributed by atoms with Crippen molar-refractivity contribution in [3.8, 4) is 0 Å². The van der Waals surface area contributed by atoms with Crippen molar-refractivity contribution in [1.82, 2.24) is 5.32 Å². The van der Waals surface area contributed by atoms with Crippen LogP contribution in [0.3, 0.4) is 0 Å². The first-order valence-electron chi connectivity index (χ1n) is 9.09. The summed E-state index contributed by atoms with van der Waals surface area (Å²) in [6.07, 6.45) is 0. The Morgan fingerprint density at radius 2 is 1.77 bits per heavy atom. The van der Waals surface area contributed by atoms with Gasteiger partial charge in [0.25, 0.3) is 5.70 Å². The minimum atomic E-state index is -1.33. The molecule has 0 saturated heterocycles. The van der Waals surface area contributed by atoms with Gasteiger partial charge >= 0.3 is 5.97 Å². The van der Waals surface area contributed by atoms with Crippen molar-refractivity contribution >= 4 is 23.3 Å². The number of hydrogen-bond acceptors (Lipinski definition) is 5. The van der Waals surface area contributed by atoms with Gasteiger partial charge in [0.15, 0.2) is 0 Å². The molecule has 1 N–H and O–H groups in total. The number of rotatable bonds is 5. The third kappa shape index (κ3) is 4.27. The van der Waals surface area contributed by atoms with Gasteiger partial charge in [0, 0.05) is 22.9 Å². The molecule has 0 aromatic heterocycles. The third-order valence-electron chi connectivity index (χ3n) is 4.69. The molecule has 6 nitrogen and oxygen atoms in total. The van der Waals surface area contributed by atoms with Crippen LogP contribution >= 0.6 is 11.6 Å². The summed E-state index contributed by atoms with van der Waals surface area (Å²) in [5.41, 5.74) is -1.75. The van der Waals surface area contributed by atoms with Crippen molar-refractivity contribution < 1.29 is 27.6 Å². The lowest BCUT2D eigenvalue weighted by molar-refractivity contribution is -0.428. The standard InChI is InChI=1S/C21H16ClF3N2O4/c1-3-31-21(28)16-10(2)26-19(18-14(24)8-13(23)9-15(18)25)20(27(29)30)17(16)11-4-6-12(22)7-5-11/h4-9,17,26H,3H2,1-2H3. The number of carbonyl (C=O) groups excluding carboxylic acids is 1. The lowest BCUT2D eigenvalue weighted by atomic mass is 9.82. The maximum atomic E-state index is 14.5. The van der Waals surface area contributed by atoms with E-state index in [1.807, 2.05) is 0 Å². The molecular weight excluding hydrogens is 437 g/mol. The van der Waals surface area contributed by atoms with E-state index in [4.69, 9.17) is 16.3 Å². The highest BCUT2D eigenvalue weighted by Crippen LogP contribution is 2.42. The van der Waals surface area contributed by atoms with Crippen molar-refractivity contribution in [3.63, 3.8) is 0 Å². The summed E-state index contributed by atoms with van der Waals surface area (Å²) in [7, 11) is 0. The lowest BCUT2D eigenvalue weighted by Gasteiger charge is -2.28. The minimum Gasteiger partial charge on any atom is -0.463 e. The Labute approximate surface area is 180 Å². The predicted molar refractivity (Wildman–Crippen MR) is 107 cm³/mol. The SMILES string of the molecule is CCOC(=O)C1=C(C)NC(c2c(F)cc(F)cc2F)=C([N+](=O)[O-])C1c1ccc(Cl)cc1. The van der Waals surface area contributed by atoms with E-state index in [9.17, 15) is 28.1 Å². The van der Waals surface area contributed by atoms with Crippen LogP contribution in [0.15, 0.2) is 53.4 Å². The number of nitrogens with zero attached hydrogens (tertiary/aromatic N) is 1. The molecule has 0 amide bonds. The fourth-order valence-electron chi connectivity index (χ4n) is 3.44. The van der Waals surface area contributed by atoms with Crippen molar-refractivity contribution in [3.05, 3.63) is 97.1 Å². The predicted octanol–water partition coefficient (Wildman–Crippen LogP) is 4.93. The van der Waals surface area contributed by atoms with Gasteiger partial charge in [-0.3, -0.25) is 10.1 Å². The van der Waals surface area contributed by atoms with Gasteiger partial charge in [-0.25, -0.2) is 18.0 Å². The average Bonchev–Trinajstić information content (AvgIpc) is 2.67. The molecule has 1 aliphatic rings. The van der Waals surface area contributed by atoms with Gasteiger partial charge in [-0.15, -0.1) is 0 Å². The maximum absolute atomic E-state index is 14.5. The summed E-state index contributed by atoms with van der Waals surface area (Å²) in [6.45, 7) is 3.00. The highest BCUT2D eigenvalue weighted by atomic mass is 35.5. The fourth-order valence-corrected chi connectivity index (χ4v) is 3.57. The second kappa shape index (κ2) is 8.81. The molecule has 2 aromatic rings. The Balaban J connectivity index is 2.35. The average molecular weight is 453 g/mol. The molecule has 10 heteroatoms. The van der Waals surface area contributed by atoms with E-state index < -0.39 is 51.2 Å². The molecule has 1 heterocycles. The van der Waals surface area contributed by atoms with Crippen LogP contribution in [0, 0.1) is 27.6 Å². The fraction of sp³-hybridized carbons (Fsp3) is 0.190. The van der Waals surface area contributed by atoms with E-state index in [0.717, 1.165) is 0 Å². The van der Waals surface area contributed by atoms with E-state index in [2.05, 4.69) is 5.32 Å². The van der Waals surface area contributed by atoms with Crippen LogP contribution < -0.4 is 5.32 Å². The lowest BCUT2D eigenvalue weighted by Crippen LogP contribution is -2.32. The van der Waals surface area contributed by atoms with Crippen molar-refractivity contribution in [2.45, 2.75) is 19.8 Å². The first-order chi connectivity index (χ1) is 14.6. The Bertz CT molecular complexity index is 1110. The zero-order valence-electron chi connectivity index (χ0n) is 16.3. The van der Waals surface area contributed by atoms with Gasteiger partial charge in [0.05, 0.1) is 22.7 Å². The van der Waals surface area contributed by atoms with Gasteiger partial charge in [0.1, 0.15) is 29.1 Å². The number of nitro groups is 1. The molecule has 0 bridgehead atoms. The number of ether oxygens (including phenoxy) is 1. The number of halogens is 4. The Hall–Kier alpha value is -3.33. The molecule has 0 aliphatic carbocycles. The third-order valence-corrected chi connectivity index (χ3v) is 4.94. The summed E-state index contributed by atoms with van der Waals surface area (Å²) in [5, 5.41) is 15.0. The molecule has 162 valence electrons. The zero-order chi connectivity index (χ0) is 22.9. The second-order valence-electron chi connectivity index (χ2n) is 6.63. The molecule has 0 fully saturated rings. The van der Waals surface area contributed by atoms with E-state index in [-0.39, 0.29) is 23.4 Å². The molecule has 2 aromatic carbocycles. The summed E-state index contributed by atoms with van der Waals surface area (Å²) in [6, 6.07) is 6.69. The summed E-state index contributed by atoms with van der Waals surface area (Å²) in [4.78, 5) is 23.9. The van der Waals surface area contributed by atoms with Gasteiger partial charge in [-0.05, 0) is 31.5 Å². The van der Waals surface area contributed by atoms with E-state index in [0.29, 0.717) is 17.2 Å². The molecule has 0 saturated carbocycles. The van der Waals surface area contributed by atoms with E-state index in [1.54, 1.807) is 6.92 Å². The zero-order valence-corrected chi connectivity index (χ0v) is 17.1. The van der Waals surface area contributed by atoms with Crippen LogP contribution in [0.2, 0.25) is 5.02 Å². The molecule has 3 rings (SSSR count). The van der Waals surface area contributed by atoms with Crippen molar-refractivity contribution in [2.24, 2.45) is 0 Å². The van der Waals surface area contributed by atoms with Crippen LogP contribution in [0.5, 0.6) is 0 Å². The number of allylic oxidation sites excluding steroid dienone is 2. The Kier molecular flexibility index (Phi) is 6.35. The number of dihydropyridines is 1. The smallest absolute Gasteiger partial charge is 0.336 e. The molecule has 0 spiro atoms. The normalized spacial score (nSPS) is 16.3. The number of esters is 1. The highest BCUT2D eigenvalue weighted by molar-refractivity contribution is 6.30. The molecule has 31 heavy (non-hydrogen) atoms. The molecule has 1 unspecified atom stereocenters. The Morgan fingerprint density at radius 1 is 1.19 bits per heavy atom. The van der Waals surface area contributed by atoms with Crippen molar-refractivity contribution in [2.75, 3.05) is 6.61 Å². The number of carbonyl (C=O) groups is 1. The molecular formula is C21H16ClF3N2O4. The molecule has 1 aliphatic heterocycles. The summed E-state index contributed by atoms with van der Waals surface area (Å²) < 4.78 is 47.5. The number of benzene rings is 2. The van der Waals surface area contributed by atoms with Gasteiger partial charge in [-0.2, -0.15) is 0 Å². The summed E-state index contributed by atoms with van der Waals surface area (Å²) in [5.74, 6) is -5.99. The maximum Gasteiger partial charge on any atom is 0.336 e. The first kappa shape index (κ1) is 22.4. The summed E-state index contributed by atoms with van der Waals surface area (Å²) >= 11 is 5.91. The van der Waals surface area contributed by atoms with Crippen LogP contribution in [-0.4, -0.2) is 17.5 Å². The quantitative estimate of drug-likeness (QED) is 0.395. The van der Waals surface area contributed by atoms with Crippen LogP contribution in [0.4, 0.5) is 13.2 Å². The van der Waals surface area contributed by atoms with Gasteiger partial charge < -0.3 is 10.1 Å². The second-order valence-corrected chi connectivity index (χ2v) is 7.07. The van der Waals surface area contributed by atoms with E-state index >= 15 is 0 Å². The van der Waals surface area contributed by atoms with Crippen LogP contribution in [0.25, 0.3) is 5.70 Å². The van der Waals surface area contributed by atoms with Crippen molar-refractivity contribution in [1.29, 1.82) is 0 Å². The first-order valence-corrected chi connectivity index (χ1v) is 9.47. The molecule has 0 radical (unpaired) electrons. The highest BCUT2D eigenvalue weighted by Gasteiger charge is 2.43. The van der Waals surface area contributed by atoms with Crippen LogP contribution in [-0.2, 0) is 9.53 Å². The largest absolute Gasteiger partial charge is 0.463 e. The molecule has 1 atom stereocenters. The minimum absolute atomic E-state index is 0.00847. The Morgan fingerprint density at radius 3 is 2.29 bits per heavy atom. The number of hydrogen-bond donors (Lipinski definition) is 1. The number of nitrogens with one attached hydrogen (secondary N) is 1. The monoisotopic (exact) mass is 452 g/mol. The van der Waals surface area contributed by atoms with Gasteiger partial charge in [0.2, 0.25) is 0 Å². The topological polar surface area (TPSA) is 81.5 Å². The van der Waals surface area contributed by atoms with E-state index in [1.165, 1.54) is 31.2 Å².